The number of hydrogen-bond acceptors (Lipinski definition) is 40. The standard InChI is InChI=1S/C17H24O5S.C15H21IO4.C15H22O4S.C14H18O4.C10H18O4.C9H16O5.C7H14O4.C7H12O4.C6H8N2O2.8CH4/c1-4-14-15(20-3)16(17(19,22-14)11-23-12(2)18)21-10-13-8-6-5-7-9-13;1-3-12-13(18-2)14(15(17,10-16)20-12)19-9-11-7-5-4-6-8-11;1-3-12-13(17-2)14(15(16,10-20)19-12)18-9-11-7-5-4-6-8-11;1-3-11-12(16-2)13(14(15)18-11)17-9-10-7-5-4-6-8-10;1-5-6-7(11-4)8-9(12-6)14-10(2,3)13-8;1-9(2)13-7-6(11-3)5(4-10)12-8(7)14-9;2*1-3-4-6(10-2)5(8)7(9)11-4;1-3-10-6(9)5(4-7)8-2;;;;;;;;/h5-9,14-16,19H,4,10-11H2,1-3H3;4-8,12-14,17H,3,9-10H2,1-2H3;4-8,12-14,16,20H,3,9-10H2,1-2H3;4-8,11-13H,3,9H2,1-2H3;6-9H,5H2,1-4H3;5-8,10H,4H2,1-3H3;4-9H,3H2,1-2H3;4-6,8H,3H2,1-2H3;3H2,1-2H3;8*1H4/t14-,15-,16-,17?;2*12-,13-,14-,15?;11-,12-,13-;6-,7-,8-,9-;5-,6-,7-,8-;4-,5-,6-,7?;4-,5-,6-;;;;;;;;;/m11111111........./s1. The summed E-state index contributed by atoms with van der Waals surface area (Å²) in [6.45, 7) is 26.1. The number of ether oxygens (including phenoxy) is 25. The molecule has 4 unspecified atom stereocenters. The molecule has 10 aliphatic heterocycles. The van der Waals surface area contributed by atoms with Crippen molar-refractivity contribution in [3.05, 3.63) is 144 Å². The van der Waals surface area contributed by atoms with Gasteiger partial charge >= 0.3 is 17.9 Å². The summed E-state index contributed by atoms with van der Waals surface area (Å²) in [4.78, 5) is 47.8. The molecule has 0 spiro atoms. The number of carbonyl (C=O) groups is 4. The summed E-state index contributed by atoms with van der Waals surface area (Å²) in [6, 6.07) is 40.8. The van der Waals surface area contributed by atoms with Gasteiger partial charge in [0.05, 0.1) is 80.3 Å². The molecular formula is C108H185IN2O36S2. The molecule has 0 saturated carbocycles. The van der Waals surface area contributed by atoms with E-state index in [0.29, 0.717) is 43.7 Å². The monoisotopic (exact) mass is 2280 g/mol. The Balaban J connectivity index is -0.00000162. The van der Waals surface area contributed by atoms with Crippen molar-refractivity contribution in [2.45, 2.75) is 415 Å². The second kappa shape index (κ2) is 73.8. The number of cyclic esters (lactones) is 2. The fourth-order valence-electron chi connectivity index (χ4n) is 17.0. The van der Waals surface area contributed by atoms with E-state index in [1.807, 2.05) is 191 Å². The van der Waals surface area contributed by atoms with Gasteiger partial charge in [-0.3, -0.25) is 9.79 Å². The molecule has 10 fully saturated rings. The van der Waals surface area contributed by atoms with E-state index in [1.165, 1.54) is 28.2 Å². The number of fused-ring (bicyclic) bond motifs is 2. The zero-order valence-corrected chi connectivity index (χ0v) is 88.9. The second-order valence-electron chi connectivity index (χ2n) is 34.7. The predicted molar refractivity (Wildman–Crippen MR) is 580 cm³/mol. The lowest BCUT2D eigenvalue weighted by Crippen LogP contribution is -2.47. The summed E-state index contributed by atoms with van der Waals surface area (Å²) >= 11 is 7.34. The largest absolute Gasteiger partial charge is 0.461 e. The number of alkyl halides is 1. The average Bonchev–Trinajstić information content (AvgIpc) is 1.61. The van der Waals surface area contributed by atoms with E-state index in [4.69, 9.17) is 134 Å². The Morgan fingerprint density at radius 1 is 0.436 bits per heavy atom. The van der Waals surface area contributed by atoms with E-state index in [-0.39, 0.29) is 205 Å². The van der Waals surface area contributed by atoms with Crippen molar-refractivity contribution < 1.29 is 173 Å². The molecule has 0 amide bonds. The SMILES string of the molecule is C.C.C.C.C.C.C.C.CCOC(=O)C(C#N)=NC.CC[C@H]1OC(=O)[C@H](O)[C@@H]1OC.CC[C@H]1OC(=O)[C@H](OCc2ccccc2)[C@@H]1OC.CC[C@H]1OC(O)(CI)[C@H](OCc2ccccc2)[C@@H]1OC.CC[C@H]1OC(O)(CS)[C@H](OCc2ccccc2)[C@@H]1OC.CC[C@H]1OC(O)(CSC(C)=O)[C@H](OCc2ccccc2)[C@@H]1OC.CC[C@H]1OC(O)[C@H](O)[C@@H]1OC.CC[C@H]1O[C@@H]2OC(C)(C)O[C@@H]2[C@@H]1OC.CO[C@H]1[C@H]2OC(C)(C)O[C@H]2O[C@@H]1CO. The number of esters is 3. The molecule has 0 aliphatic carbocycles. The Bertz CT molecular complexity index is 4160. The number of aliphatic hydroxyl groups excluding tert-OH is 4. The van der Waals surface area contributed by atoms with Crippen LogP contribution >= 0.6 is 47.0 Å². The van der Waals surface area contributed by atoms with Crippen molar-refractivity contribution in [2.75, 3.05) is 93.1 Å². The number of thioether (sulfide) groups is 1. The molecule has 862 valence electrons. The van der Waals surface area contributed by atoms with Gasteiger partial charge in [0, 0.05) is 76.6 Å². The molecule has 149 heavy (non-hydrogen) atoms. The summed E-state index contributed by atoms with van der Waals surface area (Å²) in [7, 11) is 14.0. The van der Waals surface area contributed by atoms with Crippen LogP contribution in [-0.2, 0) is 164 Å². The highest BCUT2D eigenvalue weighted by molar-refractivity contribution is 14.1. The third-order valence-corrected chi connectivity index (χ3v) is 26.7. The topological polar surface area (TPSA) is 477 Å². The smallest absolute Gasteiger partial charge is 0.367 e. The van der Waals surface area contributed by atoms with Crippen molar-refractivity contribution in [2.24, 2.45) is 4.99 Å². The molecule has 10 aliphatic rings. The normalized spacial score (nSPS) is 32.3. The first-order chi connectivity index (χ1) is 67.3. The molecule has 10 saturated heterocycles. The van der Waals surface area contributed by atoms with E-state index in [2.05, 4.69) is 51.9 Å². The quantitative estimate of drug-likeness (QED) is 0.00538. The second-order valence-corrected chi connectivity index (χ2v) is 37.0. The molecule has 38 nitrogen and oxygen atoms in total. The predicted octanol–water partition coefficient (Wildman–Crippen LogP) is 14.4. The first-order valence-electron chi connectivity index (χ1n) is 47.5. The number of methoxy groups -OCH3 is 8. The number of thiol groups is 1. The van der Waals surface area contributed by atoms with Gasteiger partial charge in [-0.1, -0.05) is 264 Å². The molecule has 14 rings (SSSR count). The minimum absolute atomic E-state index is 0. The molecule has 10 heterocycles. The van der Waals surface area contributed by atoms with Crippen LogP contribution in [-0.4, -0.2) is 352 Å². The Morgan fingerprint density at radius 3 is 1.09 bits per heavy atom. The van der Waals surface area contributed by atoms with Gasteiger partial charge in [-0.25, -0.2) is 14.4 Å². The van der Waals surface area contributed by atoms with E-state index in [0.717, 1.165) is 66.1 Å². The van der Waals surface area contributed by atoms with Crippen LogP contribution in [0.3, 0.4) is 0 Å². The highest BCUT2D eigenvalue weighted by atomic mass is 127. The molecule has 0 aromatic heterocycles. The van der Waals surface area contributed by atoms with Gasteiger partial charge in [0.25, 0.3) is 0 Å². The van der Waals surface area contributed by atoms with E-state index in [1.54, 1.807) is 55.7 Å². The summed E-state index contributed by atoms with van der Waals surface area (Å²) in [5.74, 6) is -6.68. The zero-order valence-electron chi connectivity index (χ0n) is 85.0. The number of halogens is 1. The van der Waals surface area contributed by atoms with Gasteiger partial charge in [0.15, 0.2) is 47.8 Å². The first kappa shape index (κ1) is 148. The van der Waals surface area contributed by atoms with Gasteiger partial charge in [-0.2, -0.15) is 17.9 Å². The van der Waals surface area contributed by atoms with Crippen LogP contribution in [0.2, 0.25) is 0 Å². The number of aliphatic imine (C=N–C) groups is 1. The van der Waals surface area contributed by atoms with Gasteiger partial charge < -0.3 is 154 Å². The third-order valence-electron chi connectivity index (χ3n) is 24.2. The Kier molecular flexibility index (Phi) is 73.1. The lowest BCUT2D eigenvalue weighted by Gasteiger charge is -2.29. The van der Waals surface area contributed by atoms with Crippen molar-refractivity contribution in [1.82, 2.24) is 0 Å². The van der Waals surface area contributed by atoms with Crippen molar-refractivity contribution >= 4 is 75.7 Å². The number of rotatable bonds is 34. The maximum Gasteiger partial charge on any atom is 0.367 e. The Morgan fingerprint density at radius 2 is 0.765 bits per heavy atom. The number of benzene rings is 4. The number of nitrogens with zero attached hydrogens (tertiary/aromatic N) is 2. The summed E-state index contributed by atoms with van der Waals surface area (Å²) < 4.78 is 137. The van der Waals surface area contributed by atoms with Gasteiger partial charge in [0.1, 0.15) is 110 Å². The Labute approximate surface area is 911 Å². The van der Waals surface area contributed by atoms with E-state index < -0.39 is 102 Å². The minimum Gasteiger partial charge on any atom is -0.461 e. The average molecular weight is 2280 g/mol. The fraction of sp³-hybridized carbons (Fsp3) is 0.722. The van der Waals surface area contributed by atoms with Crippen LogP contribution in [0.4, 0.5) is 0 Å². The number of nitriles is 1. The van der Waals surface area contributed by atoms with Crippen LogP contribution in [0.25, 0.3) is 0 Å². The van der Waals surface area contributed by atoms with Crippen molar-refractivity contribution in [3.8, 4) is 6.07 Å². The van der Waals surface area contributed by atoms with Gasteiger partial charge in [-0.05, 0) is 102 Å². The number of carbonyl (C=O) groups excluding carboxylic acids is 4. The third kappa shape index (κ3) is 42.0. The molecule has 4 aromatic rings. The van der Waals surface area contributed by atoms with Crippen LogP contribution in [0.1, 0.15) is 217 Å². The fourth-order valence-corrected chi connectivity index (χ4v) is 18.6. The van der Waals surface area contributed by atoms with E-state index >= 15 is 0 Å². The molecule has 0 radical (unpaired) electrons. The Hall–Kier alpha value is -5.61. The zero-order chi connectivity index (χ0) is 105. The minimum atomic E-state index is -1.54. The van der Waals surface area contributed by atoms with Crippen LogP contribution < -0.4 is 0 Å². The van der Waals surface area contributed by atoms with E-state index in [9.17, 15) is 39.6 Å². The van der Waals surface area contributed by atoms with Crippen molar-refractivity contribution in [1.29, 1.82) is 5.26 Å². The molecule has 7 N–H and O–H groups in total. The summed E-state index contributed by atoms with van der Waals surface area (Å²) in [5, 5.41) is 76.7. The molecule has 0 bridgehead atoms. The number of aliphatic hydroxyl groups is 7. The highest BCUT2D eigenvalue weighted by Crippen LogP contribution is 2.44. The summed E-state index contributed by atoms with van der Waals surface area (Å²) in [6.07, 6.45) is -5.07. The maximum absolute atomic E-state index is 11.7. The lowest BCUT2D eigenvalue weighted by molar-refractivity contribution is -0.224. The molecule has 4 aromatic carbocycles. The van der Waals surface area contributed by atoms with Gasteiger partial charge in [-0.15, -0.1) is 0 Å². The van der Waals surface area contributed by atoms with Gasteiger partial charge in [0.2, 0.25) is 23.1 Å². The lowest BCUT2D eigenvalue weighted by atomic mass is 10.0. The summed E-state index contributed by atoms with van der Waals surface area (Å²) in [5.41, 5.74) is 3.95. The molecule has 30 atom stereocenters. The maximum atomic E-state index is 11.7. The van der Waals surface area contributed by atoms with Crippen LogP contribution in [0.15, 0.2) is 126 Å². The van der Waals surface area contributed by atoms with Crippen LogP contribution in [0, 0.1) is 11.3 Å². The van der Waals surface area contributed by atoms with Crippen LogP contribution in [0.5, 0.6) is 0 Å². The molecule has 41 heteroatoms. The first-order valence-corrected chi connectivity index (χ1v) is 50.6. The number of hydrogen-bond donors (Lipinski definition) is 8. The highest BCUT2D eigenvalue weighted by Gasteiger charge is 2.60. The molecular weight excluding hydrogens is 2090 g/mol. The van der Waals surface area contributed by atoms with Crippen molar-refractivity contribution in [3.63, 3.8) is 0 Å².